The molecule has 1 heterocycles. The van der Waals surface area contributed by atoms with E-state index in [1.807, 2.05) is 38.4 Å². The Morgan fingerprint density at radius 1 is 1.19 bits per heavy atom. The Morgan fingerprint density at radius 2 is 1.95 bits per heavy atom. The maximum Gasteiger partial charge on any atom is 0.230 e. The fraction of sp³-hybridized carbons (Fsp3) is 0.357. The van der Waals surface area contributed by atoms with Crippen LogP contribution >= 0.6 is 11.6 Å². The van der Waals surface area contributed by atoms with Crippen LogP contribution in [0.4, 0.5) is 11.9 Å². The maximum absolute atomic E-state index is 5.89. The zero-order chi connectivity index (χ0) is 15.2. The van der Waals surface area contributed by atoms with Gasteiger partial charge in [0.25, 0.3) is 0 Å². The number of anilines is 2. The van der Waals surface area contributed by atoms with Gasteiger partial charge in [0.2, 0.25) is 17.2 Å². The third kappa shape index (κ3) is 4.19. The predicted octanol–water partition coefficient (Wildman–Crippen LogP) is 2.25. The minimum Gasteiger partial charge on any atom is -0.496 e. The standard InChI is InChI=1S/C14H18ClN5O/c1-20(2)14-18-12(15)17-13(19-14)16-9-8-10-6-4-5-7-11(10)21-3/h4-7H,8-9H2,1-3H3,(H,16,17,18,19). The van der Waals surface area contributed by atoms with Crippen molar-refractivity contribution in [1.29, 1.82) is 0 Å². The molecule has 0 saturated heterocycles. The molecule has 112 valence electrons. The van der Waals surface area contributed by atoms with Gasteiger partial charge in [0, 0.05) is 20.6 Å². The molecule has 0 spiro atoms. The molecule has 1 aromatic carbocycles. The molecule has 6 nitrogen and oxygen atoms in total. The van der Waals surface area contributed by atoms with Crippen LogP contribution in [0.25, 0.3) is 0 Å². The van der Waals surface area contributed by atoms with Crippen molar-refractivity contribution in [1.82, 2.24) is 15.0 Å². The molecule has 21 heavy (non-hydrogen) atoms. The van der Waals surface area contributed by atoms with Crippen molar-refractivity contribution >= 4 is 23.5 Å². The quantitative estimate of drug-likeness (QED) is 0.883. The molecule has 0 radical (unpaired) electrons. The molecule has 7 heteroatoms. The van der Waals surface area contributed by atoms with Crippen molar-refractivity contribution in [3.8, 4) is 5.75 Å². The first kappa shape index (κ1) is 15.3. The van der Waals surface area contributed by atoms with Gasteiger partial charge in [0.05, 0.1) is 7.11 Å². The van der Waals surface area contributed by atoms with E-state index in [0.29, 0.717) is 18.4 Å². The Kier molecular flexibility index (Phi) is 5.16. The van der Waals surface area contributed by atoms with E-state index in [1.165, 1.54) is 0 Å². The Morgan fingerprint density at radius 3 is 2.67 bits per heavy atom. The van der Waals surface area contributed by atoms with Crippen LogP contribution in [0, 0.1) is 0 Å². The number of para-hydroxylation sites is 1. The molecule has 0 fully saturated rings. The molecular formula is C14H18ClN5O. The van der Waals surface area contributed by atoms with E-state index in [2.05, 4.69) is 20.3 Å². The van der Waals surface area contributed by atoms with E-state index in [9.17, 15) is 0 Å². The van der Waals surface area contributed by atoms with Gasteiger partial charge in [0.15, 0.2) is 0 Å². The minimum atomic E-state index is 0.175. The van der Waals surface area contributed by atoms with Gasteiger partial charge in [-0.25, -0.2) is 0 Å². The van der Waals surface area contributed by atoms with E-state index in [4.69, 9.17) is 16.3 Å². The third-order valence-electron chi connectivity index (χ3n) is 2.87. The lowest BCUT2D eigenvalue weighted by Crippen LogP contribution is -2.16. The highest BCUT2D eigenvalue weighted by Crippen LogP contribution is 2.18. The number of hydrogen-bond acceptors (Lipinski definition) is 6. The number of methoxy groups -OCH3 is 1. The summed E-state index contributed by atoms with van der Waals surface area (Å²) >= 11 is 5.89. The average Bonchev–Trinajstić information content (AvgIpc) is 2.47. The minimum absolute atomic E-state index is 0.175. The van der Waals surface area contributed by atoms with Gasteiger partial charge in [-0.2, -0.15) is 15.0 Å². The summed E-state index contributed by atoms with van der Waals surface area (Å²) in [5.41, 5.74) is 1.13. The monoisotopic (exact) mass is 307 g/mol. The van der Waals surface area contributed by atoms with Crippen LogP contribution < -0.4 is 15.0 Å². The van der Waals surface area contributed by atoms with Crippen molar-refractivity contribution in [3.63, 3.8) is 0 Å². The molecule has 0 bridgehead atoms. The lowest BCUT2D eigenvalue weighted by molar-refractivity contribution is 0.410. The number of hydrogen-bond donors (Lipinski definition) is 1. The second-order valence-electron chi connectivity index (χ2n) is 4.61. The lowest BCUT2D eigenvalue weighted by atomic mass is 10.1. The largest absolute Gasteiger partial charge is 0.496 e. The maximum atomic E-state index is 5.89. The van der Waals surface area contributed by atoms with Gasteiger partial charge in [0.1, 0.15) is 5.75 Å². The number of nitrogens with one attached hydrogen (secondary N) is 1. The number of rotatable bonds is 6. The molecule has 0 amide bonds. The Labute approximate surface area is 129 Å². The summed E-state index contributed by atoms with van der Waals surface area (Å²) in [6, 6.07) is 7.91. The van der Waals surface area contributed by atoms with Crippen molar-refractivity contribution in [2.24, 2.45) is 0 Å². The molecule has 2 aromatic rings. The highest BCUT2D eigenvalue weighted by Gasteiger charge is 2.07. The fourth-order valence-corrected chi connectivity index (χ4v) is 1.99. The molecule has 0 aliphatic carbocycles. The second kappa shape index (κ2) is 7.08. The molecule has 0 aliphatic rings. The summed E-state index contributed by atoms with van der Waals surface area (Å²) in [5.74, 6) is 1.87. The number of halogens is 1. The van der Waals surface area contributed by atoms with Crippen LogP contribution in [-0.4, -0.2) is 42.7 Å². The normalized spacial score (nSPS) is 10.3. The van der Waals surface area contributed by atoms with Crippen LogP contribution in [-0.2, 0) is 6.42 Å². The summed E-state index contributed by atoms with van der Waals surface area (Å²) in [5, 5.41) is 3.33. The SMILES string of the molecule is COc1ccccc1CCNc1nc(Cl)nc(N(C)C)n1. The number of ether oxygens (including phenoxy) is 1. The Hall–Kier alpha value is -2.08. The lowest BCUT2D eigenvalue weighted by Gasteiger charge is -2.12. The molecule has 0 saturated carbocycles. The van der Waals surface area contributed by atoms with Crippen molar-refractivity contribution in [3.05, 3.63) is 35.1 Å². The highest BCUT2D eigenvalue weighted by molar-refractivity contribution is 6.28. The third-order valence-corrected chi connectivity index (χ3v) is 3.04. The molecule has 1 aromatic heterocycles. The molecular weight excluding hydrogens is 290 g/mol. The van der Waals surface area contributed by atoms with Crippen LogP contribution in [0.5, 0.6) is 5.75 Å². The topological polar surface area (TPSA) is 63.2 Å². The van der Waals surface area contributed by atoms with Crippen LogP contribution in [0.1, 0.15) is 5.56 Å². The van der Waals surface area contributed by atoms with Crippen molar-refractivity contribution < 1.29 is 4.74 Å². The van der Waals surface area contributed by atoms with Gasteiger partial charge in [-0.3, -0.25) is 0 Å². The van der Waals surface area contributed by atoms with Crippen LogP contribution in [0.2, 0.25) is 5.28 Å². The Bertz CT molecular complexity index is 606. The van der Waals surface area contributed by atoms with Gasteiger partial charge in [-0.1, -0.05) is 18.2 Å². The fourth-order valence-electron chi connectivity index (χ4n) is 1.84. The molecule has 0 aliphatic heterocycles. The van der Waals surface area contributed by atoms with E-state index >= 15 is 0 Å². The average molecular weight is 308 g/mol. The van der Waals surface area contributed by atoms with Gasteiger partial charge < -0.3 is 15.0 Å². The van der Waals surface area contributed by atoms with Gasteiger partial charge >= 0.3 is 0 Å². The van der Waals surface area contributed by atoms with Crippen molar-refractivity contribution in [2.45, 2.75) is 6.42 Å². The van der Waals surface area contributed by atoms with Gasteiger partial charge in [-0.15, -0.1) is 0 Å². The first-order valence-corrected chi connectivity index (χ1v) is 6.92. The van der Waals surface area contributed by atoms with E-state index < -0.39 is 0 Å². The summed E-state index contributed by atoms with van der Waals surface area (Å²) in [6.45, 7) is 0.674. The van der Waals surface area contributed by atoms with E-state index in [0.717, 1.165) is 17.7 Å². The number of aromatic nitrogens is 3. The summed E-state index contributed by atoms with van der Waals surface area (Å²) < 4.78 is 5.32. The summed E-state index contributed by atoms with van der Waals surface area (Å²) in [4.78, 5) is 14.2. The molecule has 0 atom stereocenters. The molecule has 2 rings (SSSR count). The summed E-state index contributed by atoms with van der Waals surface area (Å²) in [7, 11) is 5.37. The smallest absolute Gasteiger partial charge is 0.230 e. The molecule has 1 N–H and O–H groups in total. The second-order valence-corrected chi connectivity index (χ2v) is 4.95. The number of nitrogens with zero attached hydrogens (tertiary/aromatic N) is 4. The predicted molar refractivity (Wildman–Crippen MR) is 84.4 cm³/mol. The van der Waals surface area contributed by atoms with Crippen molar-refractivity contribution in [2.75, 3.05) is 38.0 Å². The zero-order valence-electron chi connectivity index (χ0n) is 12.3. The highest BCUT2D eigenvalue weighted by atomic mass is 35.5. The summed E-state index contributed by atoms with van der Waals surface area (Å²) in [6.07, 6.45) is 0.796. The first-order valence-electron chi connectivity index (χ1n) is 6.55. The van der Waals surface area contributed by atoms with Crippen LogP contribution in [0.3, 0.4) is 0 Å². The van der Waals surface area contributed by atoms with Crippen LogP contribution in [0.15, 0.2) is 24.3 Å². The number of benzene rings is 1. The Balaban J connectivity index is 2.00. The van der Waals surface area contributed by atoms with E-state index in [1.54, 1.807) is 12.0 Å². The zero-order valence-corrected chi connectivity index (χ0v) is 13.1. The first-order chi connectivity index (χ1) is 10.1. The van der Waals surface area contributed by atoms with Gasteiger partial charge in [-0.05, 0) is 29.7 Å². The molecule has 0 unspecified atom stereocenters. The van der Waals surface area contributed by atoms with E-state index in [-0.39, 0.29) is 5.28 Å².